The van der Waals surface area contributed by atoms with Crippen LogP contribution in [-0.2, 0) is 14.3 Å². The minimum atomic E-state index is -0.979. The first-order valence-electron chi connectivity index (χ1n) is 12.3. The van der Waals surface area contributed by atoms with Crippen LogP contribution >= 0.6 is 0 Å². The number of amides is 2. The molecule has 0 bridgehead atoms. The topological polar surface area (TPSA) is 105 Å². The Morgan fingerprint density at radius 1 is 0.886 bits per heavy atom. The molecule has 1 aliphatic carbocycles. The van der Waals surface area contributed by atoms with Crippen LogP contribution in [0.3, 0.4) is 0 Å². The molecular weight excluding hydrogens is 444 g/mol. The fourth-order valence-electron chi connectivity index (χ4n) is 4.48. The molecule has 1 aliphatic rings. The van der Waals surface area contributed by atoms with Crippen LogP contribution in [0.4, 0.5) is 4.79 Å². The number of carboxylic acids is 1. The number of fused-ring (bicyclic) bond motifs is 3. The summed E-state index contributed by atoms with van der Waals surface area (Å²) in [5, 5.41) is 14.7. The van der Waals surface area contributed by atoms with Gasteiger partial charge in [-0.3, -0.25) is 9.59 Å². The van der Waals surface area contributed by atoms with Gasteiger partial charge in [0.2, 0.25) is 5.91 Å². The fraction of sp³-hybridized carbons (Fsp3) is 0.464. The number of nitrogens with one attached hydrogen (secondary N) is 2. The predicted octanol–water partition coefficient (Wildman–Crippen LogP) is 4.95. The van der Waals surface area contributed by atoms with E-state index in [1.165, 1.54) is 0 Å². The lowest BCUT2D eigenvalue weighted by Gasteiger charge is -2.25. The molecule has 0 saturated carbocycles. The number of rotatable bonds is 11. The normalized spacial score (nSPS) is 14.2. The molecule has 0 radical (unpaired) electrons. The third-order valence-electron chi connectivity index (χ3n) is 6.51. The second kappa shape index (κ2) is 11.9. The molecule has 0 heterocycles. The second-order valence-electron chi connectivity index (χ2n) is 9.95. The molecule has 35 heavy (non-hydrogen) atoms. The van der Waals surface area contributed by atoms with Crippen LogP contribution in [0.5, 0.6) is 0 Å². The minimum Gasteiger partial charge on any atom is -0.481 e. The number of benzene rings is 2. The number of hydrogen-bond donors (Lipinski definition) is 3. The van der Waals surface area contributed by atoms with Gasteiger partial charge in [-0.1, -0.05) is 76.2 Å². The van der Waals surface area contributed by atoms with Gasteiger partial charge in [0.05, 0.1) is 6.42 Å². The number of carbonyl (C=O) groups is 3. The van der Waals surface area contributed by atoms with E-state index in [4.69, 9.17) is 4.74 Å². The lowest BCUT2D eigenvalue weighted by Crippen LogP contribution is -2.51. The molecule has 7 nitrogen and oxygen atoms in total. The molecule has 0 saturated heterocycles. The summed E-state index contributed by atoms with van der Waals surface area (Å²) < 4.78 is 5.62. The van der Waals surface area contributed by atoms with Crippen LogP contribution in [0.25, 0.3) is 11.1 Å². The van der Waals surface area contributed by atoms with E-state index in [-0.39, 0.29) is 30.8 Å². The molecule has 0 fully saturated rings. The SMILES string of the molecule is CC(C)CCC(NC(=O)OCC1c2ccccc2-c2ccccc21)C(=O)N[C@H](CC(=O)O)C(C)C. The summed E-state index contributed by atoms with van der Waals surface area (Å²) in [5.74, 6) is -1.16. The van der Waals surface area contributed by atoms with Gasteiger partial charge in [0.1, 0.15) is 12.6 Å². The zero-order valence-electron chi connectivity index (χ0n) is 20.9. The van der Waals surface area contributed by atoms with Gasteiger partial charge in [-0.05, 0) is 46.9 Å². The summed E-state index contributed by atoms with van der Waals surface area (Å²) in [6, 6.07) is 14.9. The van der Waals surface area contributed by atoms with E-state index in [1.54, 1.807) is 0 Å². The number of aliphatic carboxylic acids is 1. The van der Waals surface area contributed by atoms with Crippen molar-refractivity contribution in [2.45, 2.75) is 65.0 Å². The summed E-state index contributed by atoms with van der Waals surface area (Å²) in [7, 11) is 0. The average molecular weight is 481 g/mol. The number of carbonyl (C=O) groups excluding carboxylic acids is 2. The standard InChI is InChI=1S/C28H36N2O5/c1-17(2)13-14-24(27(33)29-25(18(3)4)15-26(31)32)30-28(34)35-16-23-21-11-7-5-9-19(21)20-10-6-8-12-22(20)23/h5-12,17-18,23-25H,13-16H2,1-4H3,(H,29,33)(H,30,34)(H,31,32)/t24?,25-/m1/s1. The minimum absolute atomic E-state index is 0.0600. The van der Waals surface area contributed by atoms with Crippen molar-refractivity contribution < 1.29 is 24.2 Å². The third-order valence-corrected chi connectivity index (χ3v) is 6.51. The van der Waals surface area contributed by atoms with Crippen molar-refractivity contribution in [3.63, 3.8) is 0 Å². The Balaban J connectivity index is 1.67. The number of ether oxygens (including phenoxy) is 1. The van der Waals surface area contributed by atoms with Gasteiger partial charge in [0.25, 0.3) is 0 Å². The highest BCUT2D eigenvalue weighted by atomic mass is 16.5. The number of carboxylic acid groups (broad SMARTS) is 1. The zero-order chi connectivity index (χ0) is 25.5. The molecule has 188 valence electrons. The van der Waals surface area contributed by atoms with Crippen molar-refractivity contribution in [3.05, 3.63) is 59.7 Å². The Kier molecular flexibility index (Phi) is 8.90. The van der Waals surface area contributed by atoms with E-state index in [0.717, 1.165) is 28.7 Å². The molecule has 1 unspecified atom stereocenters. The zero-order valence-corrected chi connectivity index (χ0v) is 20.9. The highest BCUT2D eigenvalue weighted by Gasteiger charge is 2.30. The summed E-state index contributed by atoms with van der Waals surface area (Å²) in [6.07, 6.45) is 0.333. The van der Waals surface area contributed by atoms with Crippen molar-refractivity contribution in [1.82, 2.24) is 10.6 Å². The van der Waals surface area contributed by atoms with Crippen LogP contribution < -0.4 is 10.6 Å². The maximum Gasteiger partial charge on any atom is 0.407 e. The van der Waals surface area contributed by atoms with E-state index in [9.17, 15) is 19.5 Å². The second-order valence-corrected chi connectivity index (χ2v) is 9.95. The summed E-state index contributed by atoms with van der Waals surface area (Å²) in [6.45, 7) is 7.96. The average Bonchev–Trinajstić information content (AvgIpc) is 3.13. The van der Waals surface area contributed by atoms with Gasteiger partial charge in [0, 0.05) is 12.0 Å². The first-order chi connectivity index (χ1) is 16.7. The van der Waals surface area contributed by atoms with Crippen molar-refractivity contribution in [2.24, 2.45) is 11.8 Å². The summed E-state index contributed by atoms with van der Waals surface area (Å²) in [5.41, 5.74) is 4.52. The maximum atomic E-state index is 13.0. The Morgan fingerprint density at radius 2 is 1.46 bits per heavy atom. The molecule has 2 amide bonds. The smallest absolute Gasteiger partial charge is 0.407 e. The monoisotopic (exact) mass is 480 g/mol. The van der Waals surface area contributed by atoms with Crippen LogP contribution in [0, 0.1) is 11.8 Å². The van der Waals surface area contributed by atoms with Gasteiger partial charge < -0.3 is 20.5 Å². The molecule has 7 heteroatoms. The Labute approximate surface area is 207 Å². The van der Waals surface area contributed by atoms with E-state index in [2.05, 4.69) is 34.9 Å². The maximum absolute atomic E-state index is 13.0. The molecule has 3 rings (SSSR count). The first kappa shape index (κ1) is 26.3. The van der Waals surface area contributed by atoms with Crippen LogP contribution in [0.15, 0.2) is 48.5 Å². The van der Waals surface area contributed by atoms with Gasteiger partial charge in [0.15, 0.2) is 0 Å². The largest absolute Gasteiger partial charge is 0.481 e. The van der Waals surface area contributed by atoms with Crippen LogP contribution in [0.1, 0.15) is 64.0 Å². The Morgan fingerprint density at radius 3 is 1.97 bits per heavy atom. The number of alkyl carbamates (subject to hydrolysis) is 1. The lowest BCUT2D eigenvalue weighted by molar-refractivity contribution is -0.138. The van der Waals surface area contributed by atoms with Gasteiger partial charge in [-0.15, -0.1) is 0 Å². The highest BCUT2D eigenvalue weighted by Crippen LogP contribution is 2.44. The molecule has 2 aromatic rings. The Hall–Kier alpha value is -3.35. The summed E-state index contributed by atoms with van der Waals surface area (Å²) >= 11 is 0. The first-order valence-corrected chi connectivity index (χ1v) is 12.3. The van der Waals surface area contributed by atoms with E-state index in [1.807, 2.05) is 52.0 Å². The predicted molar refractivity (Wildman–Crippen MR) is 135 cm³/mol. The molecule has 0 aliphatic heterocycles. The molecular formula is C28H36N2O5. The van der Waals surface area contributed by atoms with E-state index >= 15 is 0 Å². The van der Waals surface area contributed by atoms with Crippen molar-refractivity contribution >= 4 is 18.0 Å². The van der Waals surface area contributed by atoms with E-state index < -0.39 is 24.1 Å². The van der Waals surface area contributed by atoms with Crippen LogP contribution in [0.2, 0.25) is 0 Å². The van der Waals surface area contributed by atoms with Gasteiger partial charge in [-0.25, -0.2) is 4.79 Å². The van der Waals surface area contributed by atoms with Gasteiger partial charge >= 0.3 is 12.1 Å². The van der Waals surface area contributed by atoms with Crippen molar-refractivity contribution in [1.29, 1.82) is 0 Å². The Bertz CT molecular complexity index is 1000. The summed E-state index contributed by atoms with van der Waals surface area (Å²) in [4.78, 5) is 37.0. The highest BCUT2D eigenvalue weighted by molar-refractivity contribution is 5.86. The fourth-order valence-corrected chi connectivity index (χ4v) is 4.48. The van der Waals surface area contributed by atoms with Crippen molar-refractivity contribution in [2.75, 3.05) is 6.61 Å². The molecule has 0 spiro atoms. The lowest BCUT2D eigenvalue weighted by atomic mass is 9.98. The quantitative estimate of drug-likeness (QED) is 0.422. The van der Waals surface area contributed by atoms with Crippen molar-refractivity contribution in [3.8, 4) is 11.1 Å². The molecule has 3 N–H and O–H groups in total. The van der Waals surface area contributed by atoms with E-state index in [0.29, 0.717) is 12.3 Å². The van der Waals surface area contributed by atoms with Crippen LogP contribution in [-0.4, -0.2) is 41.8 Å². The molecule has 2 atom stereocenters. The van der Waals surface area contributed by atoms with Gasteiger partial charge in [-0.2, -0.15) is 0 Å². The third kappa shape index (κ3) is 6.84. The molecule has 2 aromatic carbocycles. The molecule has 0 aromatic heterocycles. The number of hydrogen-bond acceptors (Lipinski definition) is 4.